The molecule has 1 saturated heterocycles. The van der Waals surface area contributed by atoms with Crippen LogP contribution >= 0.6 is 0 Å². The Hall–Kier alpha value is -2.09. The Morgan fingerprint density at radius 2 is 1.97 bits per heavy atom. The molecule has 1 aliphatic heterocycles. The van der Waals surface area contributed by atoms with Crippen LogP contribution in [0.1, 0.15) is 37.7 Å². The smallest absolute Gasteiger partial charge is 0.405 e. The van der Waals surface area contributed by atoms with E-state index in [9.17, 15) is 22.4 Å². The number of halogens is 4. The Balaban J connectivity index is 1.52. The van der Waals surface area contributed by atoms with Crippen molar-refractivity contribution in [1.82, 2.24) is 10.2 Å². The zero-order valence-corrected chi connectivity index (χ0v) is 17.1. The third-order valence-corrected chi connectivity index (χ3v) is 5.86. The average molecular weight is 428 g/mol. The summed E-state index contributed by atoms with van der Waals surface area (Å²) in [7, 11) is 2.10. The van der Waals surface area contributed by atoms with E-state index in [-0.39, 0.29) is 5.82 Å². The molecule has 0 radical (unpaired) electrons. The summed E-state index contributed by atoms with van der Waals surface area (Å²) in [5, 5.41) is 1.92. The first-order valence-electron chi connectivity index (χ1n) is 10.4. The number of nitrogens with zero attached hydrogens (tertiary/aromatic N) is 1. The lowest BCUT2D eigenvalue weighted by atomic mass is 9.86. The molecule has 0 saturated carbocycles. The van der Waals surface area contributed by atoms with Crippen LogP contribution in [0.3, 0.4) is 0 Å². The lowest BCUT2D eigenvalue weighted by Crippen LogP contribution is -2.38. The molecule has 0 aromatic heterocycles. The van der Waals surface area contributed by atoms with Gasteiger partial charge >= 0.3 is 6.18 Å². The molecule has 0 spiro atoms. The predicted molar refractivity (Wildman–Crippen MR) is 106 cm³/mol. The van der Waals surface area contributed by atoms with Gasteiger partial charge in [0, 0.05) is 17.5 Å². The van der Waals surface area contributed by atoms with Gasteiger partial charge in [-0.15, -0.1) is 0 Å². The zero-order valence-electron chi connectivity index (χ0n) is 17.1. The van der Waals surface area contributed by atoms with E-state index in [0.717, 1.165) is 31.5 Å². The largest absolute Gasteiger partial charge is 0.493 e. The molecule has 1 aliphatic carbocycles. The molecular formula is C22H28F4N2O2. The first-order chi connectivity index (χ1) is 14.2. The van der Waals surface area contributed by atoms with Crippen molar-refractivity contribution < 1.29 is 27.1 Å². The molecule has 1 aromatic rings. The standard InChI is InChI=1S/C22H28F4N2O2/c1-28-10-8-15(9-11-28)13-30-18-6-7-19(20(23)12-18)16-2-4-17(5-3-16)21(29)27-14-22(24,25)26/h2,6-7,12,15,17H,3-5,8-11,13-14H2,1H3,(H,27,29). The number of allylic oxidation sites excluding steroid dienone is 2. The van der Waals surface area contributed by atoms with Crippen LogP contribution in [-0.2, 0) is 4.79 Å². The third kappa shape index (κ3) is 6.45. The van der Waals surface area contributed by atoms with E-state index in [1.807, 2.05) is 5.32 Å². The summed E-state index contributed by atoms with van der Waals surface area (Å²) in [6, 6.07) is 4.80. The SMILES string of the molecule is CN1CCC(COc2ccc(C3=CCC(C(=O)NCC(F)(F)F)CC3)c(F)c2)CC1. The summed E-state index contributed by atoms with van der Waals surface area (Å²) in [6.07, 6.45) is 0.598. The first kappa shape index (κ1) is 22.6. The van der Waals surface area contributed by atoms with Crippen LogP contribution in [0.15, 0.2) is 24.3 Å². The number of ether oxygens (including phenoxy) is 1. The average Bonchev–Trinajstić information content (AvgIpc) is 2.71. The van der Waals surface area contributed by atoms with Gasteiger partial charge in [0.25, 0.3) is 0 Å². The molecule has 4 nitrogen and oxygen atoms in total. The fraction of sp³-hybridized carbons (Fsp3) is 0.591. The number of nitrogens with one attached hydrogen (secondary N) is 1. The number of amides is 1. The Morgan fingerprint density at radius 3 is 2.57 bits per heavy atom. The Bertz CT molecular complexity index is 771. The minimum absolute atomic E-state index is 0.298. The van der Waals surface area contributed by atoms with Crippen LogP contribution < -0.4 is 10.1 Å². The van der Waals surface area contributed by atoms with Crippen LogP contribution in [0.25, 0.3) is 5.57 Å². The number of carbonyl (C=O) groups excluding carboxylic acids is 1. The molecule has 3 rings (SSSR count). The fourth-order valence-electron chi connectivity index (χ4n) is 3.94. The van der Waals surface area contributed by atoms with Crippen LogP contribution in [0.5, 0.6) is 5.75 Å². The summed E-state index contributed by atoms with van der Waals surface area (Å²) >= 11 is 0. The minimum atomic E-state index is -4.42. The van der Waals surface area contributed by atoms with Crippen molar-refractivity contribution in [3.05, 3.63) is 35.7 Å². The van der Waals surface area contributed by atoms with Gasteiger partial charge in [0.15, 0.2) is 0 Å². The first-order valence-corrected chi connectivity index (χ1v) is 10.4. The molecule has 166 valence electrons. The lowest BCUT2D eigenvalue weighted by molar-refractivity contribution is -0.140. The number of carbonyl (C=O) groups is 1. The molecular weight excluding hydrogens is 400 g/mol. The maximum absolute atomic E-state index is 14.6. The molecule has 8 heteroatoms. The van der Waals surface area contributed by atoms with E-state index in [0.29, 0.717) is 43.1 Å². The van der Waals surface area contributed by atoms with Crippen LogP contribution in [0.2, 0.25) is 0 Å². The van der Waals surface area contributed by atoms with E-state index in [1.165, 1.54) is 6.07 Å². The van der Waals surface area contributed by atoms with Gasteiger partial charge < -0.3 is 15.0 Å². The predicted octanol–water partition coefficient (Wildman–Crippen LogP) is 4.41. The molecule has 1 unspecified atom stereocenters. The Morgan fingerprint density at radius 1 is 1.23 bits per heavy atom. The summed E-state index contributed by atoms with van der Waals surface area (Å²) in [4.78, 5) is 14.2. The number of piperidine rings is 1. The fourth-order valence-corrected chi connectivity index (χ4v) is 3.94. The topological polar surface area (TPSA) is 41.6 Å². The normalized spacial score (nSPS) is 21.2. The summed E-state index contributed by atoms with van der Waals surface area (Å²) in [5.41, 5.74) is 1.23. The maximum Gasteiger partial charge on any atom is 0.405 e. The Labute approximate surface area is 174 Å². The quantitative estimate of drug-likeness (QED) is 0.683. The molecule has 1 fully saturated rings. The third-order valence-electron chi connectivity index (χ3n) is 5.86. The molecule has 1 atom stereocenters. The molecule has 2 aliphatic rings. The highest BCUT2D eigenvalue weighted by Crippen LogP contribution is 2.33. The molecule has 0 bridgehead atoms. The van der Waals surface area contributed by atoms with Gasteiger partial charge in [-0.05, 0) is 75.9 Å². The van der Waals surface area contributed by atoms with Crippen molar-refractivity contribution in [2.45, 2.75) is 38.3 Å². The zero-order chi connectivity index (χ0) is 21.7. The molecule has 1 N–H and O–H groups in total. The number of alkyl halides is 3. The van der Waals surface area contributed by atoms with Gasteiger partial charge in [0.2, 0.25) is 5.91 Å². The van der Waals surface area contributed by atoms with Crippen molar-refractivity contribution in [3.63, 3.8) is 0 Å². The van der Waals surface area contributed by atoms with E-state index in [2.05, 4.69) is 11.9 Å². The highest BCUT2D eigenvalue weighted by molar-refractivity contribution is 5.80. The van der Waals surface area contributed by atoms with Crippen LogP contribution in [-0.4, -0.2) is 50.3 Å². The van der Waals surface area contributed by atoms with Crippen LogP contribution in [0.4, 0.5) is 17.6 Å². The number of hydrogen-bond acceptors (Lipinski definition) is 3. The molecule has 1 amide bonds. The Kier molecular flexibility index (Phi) is 7.39. The number of hydrogen-bond donors (Lipinski definition) is 1. The number of rotatable bonds is 6. The second kappa shape index (κ2) is 9.81. The number of likely N-dealkylation sites (tertiary alicyclic amines) is 1. The highest BCUT2D eigenvalue weighted by Gasteiger charge is 2.30. The molecule has 30 heavy (non-hydrogen) atoms. The molecule has 1 aromatic carbocycles. The highest BCUT2D eigenvalue weighted by atomic mass is 19.4. The van der Waals surface area contributed by atoms with Gasteiger partial charge in [-0.25, -0.2) is 4.39 Å². The van der Waals surface area contributed by atoms with Crippen molar-refractivity contribution in [2.24, 2.45) is 11.8 Å². The summed E-state index contributed by atoms with van der Waals surface area (Å²) in [5.74, 6) is -0.541. The second-order valence-corrected chi connectivity index (χ2v) is 8.23. The lowest BCUT2D eigenvalue weighted by Gasteiger charge is -2.28. The van der Waals surface area contributed by atoms with Crippen molar-refractivity contribution in [2.75, 3.05) is 33.3 Å². The van der Waals surface area contributed by atoms with E-state index in [4.69, 9.17) is 4.74 Å². The van der Waals surface area contributed by atoms with E-state index < -0.39 is 24.5 Å². The summed E-state index contributed by atoms with van der Waals surface area (Å²) in [6.45, 7) is 1.34. The van der Waals surface area contributed by atoms with Gasteiger partial charge in [0.05, 0.1) is 6.61 Å². The van der Waals surface area contributed by atoms with E-state index >= 15 is 0 Å². The van der Waals surface area contributed by atoms with Crippen molar-refractivity contribution >= 4 is 11.5 Å². The van der Waals surface area contributed by atoms with Crippen molar-refractivity contribution in [3.8, 4) is 5.75 Å². The minimum Gasteiger partial charge on any atom is -0.493 e. The van der Waals surface area contributed by atoms with Gasteiger partial charge in [-0.2, -0.15) is 13.2 Å². The maximum atomic E-state index is 14.6. The monoisotopic (exact) mass is 428 g/mol. The van der Waals surface area contributed by atoms with Gasteiger partial charge in [0.1, 0.15) is 18.1 Å². The van der Waals surface area contributed by atoms with Gasteiger partial charge in [-0.1, -0.05) is 6.08 Å². The van der Waals surface area contributed by atoms with Crippen molar-refractivity contribution in [1.29, 1.82) is 0 Å². The second-order valence-electron chi connectivity index (χ2n) is 8.23. The van der Waals surface area contributed by atoms with E-state index in [1.54, 1.807) is 18.2 Å². The number of benzene rings is 1. The molecule has 1 heterocycles. The van der Waals surface area contributed by atoms with Crippen LogP contribution in [0, 0.1) is 17.7 Å². The van der Waals surface area contributed by atoms with Gasteiger partial charge in [-0.3, -0.25) is 4.79 Å². The summed E-state index contributed by atoms with van der Waals surface area (Å²) < 4.78 is 57.1.